The second-order valence-electron chi connectivity index (χ2n) is 6.44. The normalized spacial score (nSPS) is 11.1. The predicted octanol–water partition coefficient (Wildman–Crippen LogP) is 3.43. The Morgan fingerprint density at radius 1 is 1.00 bits per heavy atom. The van der Waals surface area contributed by atoms with Crippen LogP contribution in [0.15, 0.2) is 66.9 Å². The molecule has 28 heavy (non-hydrogen) atoms. The van der Waals surface area contributed by atoms with E-state index in [0.717, 1.165) is 27.8 Å². The third-order valence-corrected chi connectivity index (χ3v) is 4.60. The van der Waals surface area contributed by atoms with E-state index in [0.29, 0.717) is 23.4 Å². The van der Waals surface area contributed by atoms with Crippen molar-refractivity contribution in [2.24, 2.45) is 0 Å². The number of benzene rings is 2. The van der Waals surface area contributed by atoms with E-state index in [1.54, 1.807) is 18.3 Å². The molecule has 3 N–H and O–H groups in total. The van der Waals surface area contributed by atoms with Gasteiger partial charge in [-0.05, 0) is 36.4 Å². The van der Waals surface area contributed by atoms with Crippen LogP contribution in [0, 0.1) is 0 Å². The average molecular weight is 368 g/mol. The minimum absolute atomic E-state index is 0.165. The summed E-state index contributed by atoms with van der Waals surface area (Å²) in [7, 11) is 0. The first-order chi connectivity index (χ1) is 13.8. The molecule has 0 unspecified atom stereocenters. The molecule has 0 radical (unpaired) electrons. The number of carbonyl (C=O) groups is 1. The molecule has 7 heteroatoms. The Kier molecular flexibility index (Phi) is 3.83. The summed E-state index contributed by atoms with van der Waals surface area (Å²) in [6.07, 6.45) is 1.71. The molecular formula is C21H16N6O. The number of pyridine rings is 1. The lowest BCUT2D eigenvalue weighted by Gasteiger charge is -2.04. The molecule has 0 saturated heterocycles. The van der Waals surface area contributed by atoms with E-state index in [4.69, 9.17) is 0 Å². The number of nitrogens with one attached hydrogen (secondary N) is 3. The van der Waals surface area contributed by atoms with Gasteiger partial charge in [0.2, 0.25) is 0 Å². The summed E-state index contributed by atoms with van der Waals surface area (Å²) in [5.41, 5.74) is 4.63. The molecule has 0 spiro atoms. The molecule has 0 fully saturated rings. The summed E-state index contributed by atoms with van der Waals surface area (Å²) in [6.45, 7) is 0.378. The van der Waals surface area contributed by atoms with Crippen LogP contribution in [0.3, 0.4) is 0 Å². The number of amides is 1. The molecule has 3 aromatic heterocycles. The number of hydrogen-bond acceptors (Lipinski definition) is 4. The monoisotopic (exact) mass is 368 g/mol. The molecule has 0 aliphatic heterocycles. The fraction of sp³-hybridized carbons (Fsp3) is 0.0476. The van der Waals surface area contributed by atoms with E-state index < -0.39 is 0 Å². The lowest BCUT2D eigenvalue weighted by molar-refractivity contribution is 0.0950. The number of aromatic amines is 2. The molecule has 0 aliphatic carbocycles. The second kappa shape index (κ2) is 6.62. The van der Waals surface area contributed by atoms with Gasteiger partial charge in [0.05, 0.1) is 28.8 Å². The lowest BCUT2D eigenvalue weighted by Crippen LogP contribution is -2.23. The van der Waals surface area contributed by atoms with Crippen LogP contribution in [0.4, 0.5) is 0 Å². The van der Waals surface area contributed by atoms with E-state index in [2.05, 4.69) is 30.5 Å². The van der Waals surface area contributed by atoms with Gasteiger partial charge in [-0.1, -0.05) is 24.3 Å². The summed E-state index contributed by atoms with van der Waals surface area (Å²) in [5.74, 6) is 0.501. The van der Waals surface area contributed by atoms with E-state index in [-0.39, 0.29) is 5.91 Å². The van der Waals surface area contributed by atoms with Crippen LogP contribution in [-0.2, 0) is 6.54 Å². The number of hydrogen-bond donors (Lipinski definition) is 3. The first-order valence-electron chi connectivity index (χ1n) is 8.89. The Morgan fingerprint density at radius 2 is 1.89 bits per heavy atom. The van der Waals surface area contributed by atoms with Gasteiger partial charge < -0.3 is 10.3 Å². The maximum absolute atomic E-state index is 12.5. The van der Waals surface area contributed by atoms with Gasteiger partial charge in [-0.25, -0.2) is 4.98 Å². The van der Waals surface area contributed by atoms with Crippen molar-refractivity contribution in [3.63, 3.8) is 0 Å². The van der Waals surface area contributed by atoms with Gasteiger partial charge in [-0.15, -0.1) is 0 Å². The van der Waals surface area contributed by atoms with Gasteiger partial charge in [-0.2, -0.15) is 5.10 Å². The van der Waals surface area contributed by atoms with Crippen molar-refractivity contribution in [2.75, 3.05) is 0 Å². The number of H-pyrrole nitrogens is 2. The van der Waals surface area contributed by atoms with Crippen molar-refractivity contribution in [3.05, 3.63) is 78.1 Å². The zero-order chi connectivity index (χ0) is 18.9. The number of imidazole rings is 1. The standard InChI is InChI=1S/C21H16N6O/c28-21(23-12-14-5-3-4-10-22-14)13-8-9-17-18(11-13)25-20(24-17)19-15-6-1-2-7-16(15)26-27-19/h1-11H,12H2,(H,23,28)(H,24,25)(H,26,27). The van der Waals surface area contributed by atoms with Gasteiger partial charge in [0.1, 0.15) is 5.69 Å². The van der Waals surface area contributed by atoms with E-state index in [9.17, 15) is 4.79 Å². The van der Waals surface area contributed by atoms with Gasteiger partial charge in [0, 0.05) is 17.1 Å². The van der Waals surface area contributed by atoms with Crippen LogP contribution in [-0.4, -0.2) is 31.1 Å². The van der Waals surface area contributed by atoms with Gasteiger partial charge in [0.25, 0.3) is 5.91 Å². The molecule has 0 saturated carbocycles. The Bertz CT molecular complexity index is 1290. The van der Waals surface area contributed by atoms with Crippen LogP contribution in [0.2, 0.25) is 0 Å². The fourth-order valence-electron chi connectivity index (χ4n) is 3.18. The highest BCUT2D eigenvalue weighted by Gasteiger charge is 2.14. The Hall–Kier alpha value is -4.00. The molecular weight excluding hydrogens is 352 g/mol. The second-order valence-corrected chi connectivity index (χ2v) is 6.44. The third kappa shape index (κ3) is 2.88. The quantitative estimate of drug-likeness (QED) is 0.452. The zero-order valence-electron chi connectivity index (χ0n) is 14.8. The summed E-state index contributed by atoms with van der Waals surface area (Å²) in [5, 5.41) is 11.3. The Morgan fingerprint density at radius 3 is 2.79 bits per heavy atom. The van der Waals surface area contributed by atoms with E-state index in [1.165, 1.54) is 0 Å². The molecule has 5 rings (SSSR count). The van der Waals surface area contributed by atoms with Crippen LogP contribution in [0.25, 0.3) is 33.5 Å². The summed E-state index contributed by atoms with van der Waals surface area (Å²) >= 11 is 0. The molecule has 2 aromatic carbocycles. The summed E-state index contributed by atoms with van der Waals surface area (Å²) in [6, 6.07) is 18.9. The Balaban J connectivity index is 1.43. The fourth-order valence-corrected chi connectivity index (χ4v) is 3.18. The number of rotatable bonds is 4. The molecule has 136 valence electrons. The highest BCUT2D eigenvalue weighted by molar-refractivity contribution is 5.98. The smallest absolute Gasteiger partial charge is 0.251 e. The number of carbonyl (C=O) groups excluding carboxylic acids is 1. The van der Waals surface area contributed by atoms with Crippen LogP contribution in [0.1, 0.15) is 16.1 Å². The first-order valence-corrected chi connectivity index (χ1v) is 8.89. The maximum atomic E-state index is 12.5. The number of nitrogens with zero attached hydrogens (tertiary/aromatic N) is 3. The lowest BCUT2D eigenvalue weighted by atomic mass is 10.2. The summed E-state index contributed by atoms with van der Waals surface area (Å²) in [4.78, 5) is 24.6. The van der Waals surface area contributed by atoms with Crippen molar-refractivity contribution in [2.45, 2.75) is 6.54 Å². The van der Waals surface area contributed by atoms with Crippen molar-refractivity contribution in [3.8, 4) is 11.5 Å². The molecule has 0 atom stereocenters. The summed E-state index contributed by atoms with van der Waals surface area (Å²) < 4.78 is 0. The van der Waals surface area contributed by atoms with Gasteiger partial charge in [0.15, 0.2) is 5.82 Å². The molecule has 1 amide bonds. The van der Waals surface area contributed by atoms with Crippen LogP contribution in [0.5, 0.6) is 0 Å². The van der Waals surface area contributed by atoms with Crippen LogP contribution >= 0.6 is 0 Å². The minimum atomic E-state index is -0.165. The molecule has 3 heterocycles. The Labute approximate surface area is 159 Å². The van der Waals surface area contributed by atoms with Crippen molar-refractivity contribution < 1.29 is 4.79 Å². The minimum Gasteiger partial charge on any atom is -0.346 e. The molecule has 7 nitrogen and oxygen atoms in total. The van der Waals surface area contributed by atoms with E-state index >= 15 is 0 Å². The zero-order valence-corrected chi connectivity index (χ0v) is 14.8. The number of para-hydroxylation sites is 1. The first kappa shape index (κ1) is 16.2. The largest absolute Gasteiger partial charge is 0.346 e. The van der Waals surface area contributed by atoms with Crippen molar-refractivity contribution in [1.29, 1.82) is 0 Å². The molecule has 5 aromatic rings. The van der Waals surface area contributed by atoms with Gasteiger partial charge in [-0.3, -0.25) is 14.9 Å². The van der Waals surface area contributed by atoms with E-state index in [1.807, 2.05) is 48.5 Å². The average Bonchev–Trinajstić information content (AvgIpc) is 3.36. The predicted molar refractivity (Wildman–Crippen MR) is 107 cm³/mol. The topological polar surface area (TPSA) is 99.4 Å². The van der Waals surface area contributed by atoms with Crippen LogP contribution < -0.4 is 5.32 Å². The maximum Gasteiger partial charge on any atom is 0.251 e. The number of fused-ring (bicyclic) bond motifs is 2. The molecule has 0 bridgehead atoms. The highest BCUT2D eigenvalue weighted by atomic mass is 16.1. The molecule has 0 aliphatic rings. The van der Waals surface area contributed by atoms with Crippen molar-refractivity contribution in [1.82, 2.24) is 30.5 Å². The van der Waals surface area contributed by atoms with Gasteiger partial charge >= 0.3 is 0 Å². The SMILES string of the molecule is O=C(NCc1ccccn1)c1ccc2[nH]c(-c3n[nH]c4ccccc34)nc2c1. The third-order valence-electron chi connectivity index (χ3n) is 4.60. The van der Waals surface area contributed by atoms with Crippen molar-refractivity contribution >= 4 is 27.8 Å². The highest BCUT2D eigenvalue weighted by Crippen LogP contribution is 2.26. The number of aromatic nitrogens is 5.